The lowest BCUT2D eigenvalue weighted by molar-refractivity contribution is -0.132. The lowest BCUT2D eigenvalue weighted by Gasteiger charge is -2.21. The maximum absolute atomic E-state index is 13.0. The zero-order chi connectivity index (χ0) is 22.8. The smallest absolute Gasteiger partial charge is 0.266 e. The SMILES string of the molecule is Cc1[nH]c(=O)c(C#N)c(C)c1CCC(=O)N(Cc1nnc(-c2ccc(Cl)cc2)o1)C1CC1. The highest BCUT2D eigenvalue weighted by Gasteiger charge is 2.33. The molecule has 0 atom stereocenters. The van der Waals surface area contributed by atoms with Crippen LogP contribution in [-0.2, 0) is 17.8 Å². The van der Waals surface area contributed by atoms with Crippen LogP contribution in [0.1, 0.15) is 47.5 Å². The summed E-state index contributed by atoms with van der Waals surface area (Å²) in [7, 11) is 0. The third-order valence-electron chi connectivity index (χ3n) is 5.68. The van der Waals surface area contributed by atoms with E-state index in [0.717, 1.165) is 24.0 Å². The number of pyridine rings is 1. The molecular weight excluding hydrogens is 430 g/mol. The lowest BCUT2D eigenvalue weighted by Crippen LogP contribution is -2.33. The van der Waals surface area contributed by atoms with E-state index in [4.69, 9.17) is 16.0 Å². The van der Waals surface area contributed by atoms with Crippen molar-refractivity contribution in [3.05, 3.63) is 67.9 Å². The molecule has 2 heterocycles. The standard InChI is InChI=1S/C23H22ClN5O3/c1-13-18(14(2)26-22(31)19(13)11-25)9-10-21(30)29(17-7-8-17)12-20-27-28-23(32-20)15-3-5-16(24)6-4-15/h3-6,17H,7-10,12H2,1-2H3,(H,26,31). The summed E-state index contributed by atoms with van der Waals surface area (Å²) in [6.45, 7) is 3.78. The fraction of sp³-hybridized carbons (Fsp3) is 0.348. The zero-order valence-electron chi connectivity index (χ0n) is 17.8. The summed E-state index contributed by atoms with van der Waals surface area (Å²) in [6, 6.07) is 9.21. The molecule has 0 unspecified atom stereocenters. The van der Waals surface area contributed by atoms with E-state index in [1.807, 2.05) is 6.07 Å². The largest absolute Gasteiger partial charge is 0.419 e. The molecule has 8 nitrogen and oxygen atoms in total. The highest BCUT2D eigenvalue weighted by atomic mass is 35.5. The van der Waals surface area contributed by atoms with Crippen LogP contribution in [0.4, 0.5) is 0 Å². The molecular formula is C23H22ClN5O3. The van der Waals surface area contributed by atoms with E-state index in [9.17, 15) is 14.9 Å². The highest BCUT2D eigenvalue weighted by molar-refractivity contribution is 6.30. The quantitative estimate of drug-likeness (QED) is 0.585. The minimum atomic E-state index is -0.398. The highest BCUT2D eigenvalue weighted by Crippen LogP contribution is 2.30. The number of rotatable bonds is 7. The van der Waals surface area contributed by atoms with Gasteiger partial charge in [-0.05, 0) is 68.5 Å². The van der Waals surface area contributed by atoms with Gasteiger partial charge in [0.05, 0.1) is 6.54 Å². The van der Waals surface area contributed by atoms with Gasteiger partial charge in [-0.1, -0.05) is 11.6 Å². The number of aromatic nitrogens is 3. The molecule has 9 heteroatoms. The van der Waals surface area contributed by atoms with Crippen LogP contribution in [0.15, 0.2) is 33.5 Å². The van der Waals surface area contributed by atoms with Crippen molar-refractivity contribution in [3.63, 3.8) is 0 Å². The molecule has 0 spiro atoms. The number of amides is 1. The van der Waals surface area contributed by atoms with Crippen LogP contribution in [0.3, 0.4) is 0 Å². The number of aryl methyl sites for hydroxylation is 1. The summed E-state index contributed by atoms with van der Waals surface area (Å²) in [5.74, 6) is 0.726. The second-order valence-corrected chi connectivity index (χ2v) is 8.37. The molecule has 1 fully saturated rings. The number of hydrogen-bond donors (Lipinski definition) is 1. The van der Waals surface area contributed by atoms with Crippen LogP contribution in [0.5, 0.6) is 0 Å². The Labute approximate surface area is 189 Å². The Bertz CT molecular complexity index is 1250. The summed E-state index contributed by atoms with van der Waals surface area (Å²) in [6.07, 6.45) is 2.58. The van der Waals surface area contributed by atoms with E-state index >= 15 is 0 Å². The Kier molecular flexibility index (Phi) is 6.10. The van der Waals surface area contributed by atoms with Gasteiger partial charge in [0.2, 0.25) is 17.7 Å². The normalized spacial score (nSPS) is 13.1. The first-order valence-electron chi connectivity index (χ1n) is 10.4. The maximum Gasteiger partial charge on any atom is 0.266 e. The van der Waals surface area contributed by atoms with Crippen LogP contribution in [0.25, 0.3) is 11.5 Å². The molecule has 0 saturated heterocycles. The molecule has 3 aromatic rings. The molecule has 1 aliphatic carbocycles. The molecule has 1 saturated carbocycles. The molecule has 164 valence electrons. The average molecular weight is 452 g/mol. The first-order chi connectivity index (χ1) is 15.4. The van der Waals surface area contributed by atoms with Gasteiger partial charge in [0.1, 0.15) is 11.6 Å². The van der Waals surface area contributed by atoms with Crippen molar-refractivity contribution in [3.8, 4) is 17.5 Å². The molecule has 2 aromatic heterocycles. The number of carbonyl (C=O) groups is 1. The Morgan fingerprint density at radius 1 is 1.28 bits per heavy atom. The predicted molar refractivity (Wildman–Crippen MR) is 118 cm³/mol. The summed E-state index contributed by atoms with van der Waals surface area (Å²) in [5.41, 5.74) is 2.59. The topological polar surface area (TPSA) is 116 Å². The fourth-order valence-corrected chi connectivity index (χ4v) is 3.90. The molecule has 1 N–H and O–H groups in total. The van der Waals surface area contributed by atoms with Crippen LogP contribution >= 0.6 is 11.6 Å². The van der Waals surface area contributed by atoms with Crippen molar-refractivity contribution in [2.45, 2.75) is 52.1 Å². The van der Waals surface area contributed by atoms with Crippen molar-refractivity contribution in [2.24, 2.45) is 0 Å². The molecule has 4 rings (SSSR count). The van der Waals surface area contributed by atoms with Crippen LogP contribution in [-0.4, -0.2) is 32.0 Å². The Morgan fingerprint density at radius 3 is 2.66 bits per heavy atom. The van der Waals surface area contributed by atoms with Crippen molar-refractivity contribution in [1.82, 2.24) is 20.1 Å². The van der Waals surface area contributed by atoms with Crippen LogP contribution < -0.4 is 5.56 Å². The van der Waals surface area contributed by atoms with Gasteiger partial charge in [0.15, 0.2) is 0 Å². The summed E-state index contributed by atoms with van der Waals surface area (Å²) < 4.78 is 5.78. The molecule has 1 amide bonds. The second-order valence-electron chi connectivity index (χ2n) is 7.93. The Hall–Kier alpha value is -3.44. The van der Waals surface area contributed by atoms with Gasteiger partial charge in [0.25, 0.3) is 5.56 Å². The summed E-state index contributed by atoms with van der Waals surface area (Å²) in [5, 5.41) is 18.1. The van der Waals surface area contributed by atoms with Crippen LogP contribution in [0, 0.1) is 25.2 Å². The number of benzene rings is 1. The van der Waals surface area contributed by atoms with Gasteiger partial charge in [-0.3, -0.25) is 9.59 Å². The van der Waals surface area contributed by atoms with Gasteiger partial charge in [-0.2, -0.15) is 5.26 Å². The summed E-state index contributed by atoms with van der Waals surface area (Å²) in [4.78, 5) is 29.5. The third kappa shape index (κ3) is 4.58. The number of carbonyl (C=O) groups excluding carboxylic acids is 1. The number of nitrogens with zero attached hydrogens (tertiary/aromatic N) is 4. The number of H-pyrrole nitrogens is 1. The van der Waals surface area contributed by atoms with Gasteiger partial charge >= 0.3 is 0 Å². The number of halogens is 1. The van der Waals surface area contributed by atoms with E-state index < -0.39 is 5.56 Å². The van der Waals surface area contributed by atoms with Crippen molar-refractivity contribution >= 4 is 17.5 Å². The number of aromatic amines is 1. The Morgan fingerprint density at radius 2 is 2.00 bits per heavy atom. The van der Waals surface area contributed by atoms with Gasteiger partial charge in [0, 0.05) is 28.7 Å². The van der Waals surface area contributed by atoms with Crippen LogP contribution in [0.2, 0.25) is 5.02 Å². The first kappa shape index (κ1) is 21.8. The molecule has 0 aliphatic heterocycles. The average Bonchev–Trinajstić information content (AvgIpc) is 3.50. The molecule has 0 radical (unpaired) electrons. The number of hydrogen-bond acceptors (Lipinski definition) is 6. The van der Waals surface area contributed by atoms with E-state index in [1.54, 1.807) is 43.0 Å². The van der Waals surface area contributed by atoms with E-state index in [2.05, 4.69) is 15.2 Å². The predicted octanol–water partition coefficient (Wildman–Crippen LogP) is 3.69. The second kappa shape index (κ2) is 8.97. The lowest BCUT2D eigenvalue weighted by atomic mass is 9.99. The van der Waals surface area contributed by atoms with E-state index in [-0.39, 0.29) is 30.5 Å². The van der Waals surface area contributed by atoms with Gasteiger partial charge in [-0.15, -0.1) is 10.2 Å². The number of nitriles is 1. The molecule has 1 aliphatic rings. The Balaban J connectivity index is 1.47. The minimum absolute atomic E-state index is 0.0257. The number of nitrogens with one attached hydrogen (secondary N) is 1. The van der Waals surface area contributed by atoms with Crippen molar-refractivity contribution in [2.75, 3.05) is 0 Å². The molecule has 0 bridgehead atoms. The van der Waals surface area contributed by atoms with Crippen molar-refractivity contribution < 1.29 is 9.21 Å². The monoisotopic (exact) mass is 451 g/mol. The fourth-order valence-electron chi connectivity index (χ4n) is 3.78. The zero-order valence-corrected chi connectivity index (χ0v) is 18.6. The summed E-state index contributed by atoms with van der Waals surface area (Å²) >= 11 is 5.92. The van der Waals surface area contributed by atoms with Gasteiger partial charge in [-0.25, -0.2) is 0 Å². The van der Waals surface area contributed by atoms with E-state index in [1.165, 1.54) is 0 Å². The molecule has 32 heavy (non-hydrogen) atoms. The van der Waals surface area contributed by atoms with Crippen molar-refractivity contribution in [1.29, 1.82) is 5.26 Å². The van der Waals surface area contributed by atoms with E-state index in [0.29, 0.717) is 34.5 Å². The van der Waals surface area contributed by atoms with Gasteiger partial charge < -0.3 is 14.3 Å². The molecule has 1 aromatic carbocycles. The minimum Gasteiger partial charge on any atom is -0.419 e. The third-order valence-corrected chi connectivity index (χ3v) is 5.93. The maximum atomic E-state index is 13.0. The first-order valence-corrected chi connectivity index (χ1v) is 10.8.